The molecule has 2 unspecified atom stereocenters. The Kier molecular flexibility index (Phi) is 3.56. The molecule has 66 valence electrons. The van der Waals surface area contributed by atoms with Crippen molar-refractivity contribution in [1.29, 1.82) is 0 Å². The topological polar surface area (TPSA) is 38.9 Å². The Labute approximate surface area is 77.6 Å². The van der Waals surface area contributed by atoms with Gasteiger partial charge in [-0.05, 0) is 19.1 Å². The van der Waals surface area contributed by atoms with Crippen LogP contribution < -0.4 is 5.73 Å². The molecule has 0 saturated carbocycles. The highest BCUT2D eigenvalue weighted by Crippen LogP contribution is 2.21. The van der Waals surface area contributed by atoms with Gasteiger partial charge in [-0.25, -0.2) is 4.98 Å². The Bertz CT molecular complexity index is 223. The van der Waals surface area contributed by atoms with E-state index in [0.29, 0.717) is 5.25 Å². The van der Waals surface area contributed by atoms with Gasteiger partial charge < -0.3 is 5.73 Å². The highest BCUT2D eigenvalue weighted by Gasteiger charge is 2.08. The SMILES string of the molecule is CC(N)C(C)Sc1ccccn1. The smallest absolute Gasteiger partial charge is 0.0962 e. The first-order valence-corrected chi connectivity index (χ1v) is 4.91. The summed E-state index contributed by atoms with van der Waals surface area (Å²) in [6.07, 6.45) is 1.80. The van der Waals surface area contributed by atoms with Crippen molar-refractivity contribution in [2.24, 2.45) is 5.73 Å². The molecule has 0 fully saturated rings. The summed E-state index contributed by atoms with van der Waals surface area (Å²) in [7, 11) is 0. The van der Waals surface area contributed by atoms with Crippen LogP contribution in [0.3, 0.4) is 0 Å². The summed E-state index contributed by atoms with van der Waals surface area (Å²) in [4.78, 5) is 4.21. The molecule has 0 bridgehead atoms. The maximum atomic E-state index is 5.74. The van der Waals surface area contributed by atoms with Crippen LogP contribution >= 0.6 is 11.8 Å². The monoisotopic (exact) mass is 182 g/mol. The lowest BCUT2D eigenvalue weighted by Crippen LogP contribution is -2.26. The molecule has 2 atom stereocenters. The van der Waals surface area contributed by atoms with Gasteiger partial charge in [-0.2, -0.15) is 0 Å². The van der Waals surface area contributed by atoms with Crippen molar-refractivity contribution in [2.45, 2.75) is 30.2 Å². The van der Waals surface area contributed by atoms with Crippen molar-refractivity contribution in [3.05, 3.63) is 24.4 Å². The van der Waals surface area contributed by atoms with Gasteiger partial charge in [0.2, 0.25) is 0 Å². The van der Waals surface area contributed by atoms with Gasteiger partial charge in [0.15, 0.2) is 0 Å². The molecule has 1 aromatic heterocycles. The van der Waals surface area contributed by atoms with Gasteiger partial charge >= 0.3 is 0 Å². The van der Waals surface area contributed by atoms with E-state index in [1.807, 2.05) is 25.1 Å². The number of nitrogens with zero attached hydrogens (tertiary/aromatic N) is 1. The summed E-state index contributed by atoms with van der Waals surface area (Å²) >= 11 is 1.72. The Hall–Kier alpha value is -0.540. The Morgan fingerprint density at radius 1 is 1.42 bits per heavy atom. The fraction of sp³-hybridized carbons (Fsp3) is 0.444. The molecule has 2 nitrogen and oxygen atoms in total. The van der Waals surface area contributed by atoms with Crippen LogP contribution in [0.1, 0.15) is 13.8 Å². The molecule has 0 aliphatic heterocycles. The zero-order chi connectivity index (χ0) is 8.97. The van der Waals surface area contributed by atoms with Crippen LogP contribution in [0.25, 0.3) is 0 Å². The largest absolute Gasteiger partial charge is 0.327 e. The van der Waals surface area contributed by atoms with E-state index in [2.05, 4.69) is 11.9 Å². The standard InChI is InChI=1S/C9H14N2S/c1-7(10)8(2)12-9-5-3-4-6-11-9/h3-8H,10H2,1-2H3. The minimum absolute atomic E-state index is 0.206. The van der Waals surface area contributed by atoms with Gasteiger partial charge in [0.1, 0.15) is 0 Å². The molecule has 0 spiro atoms. The molecule has 0 saturated heterocycles. The molecule has 2 N–H and O–H groups in total. The maximum Gasteiger partial charge on any atom is 0.0962 e. The van der Waals surface area contributed by atoms with Crippen LogP contribution in [0.15, 0.2) is 29.4 Å². The summed E-state index contributed by atoms with van der Waals surface area (Å²) in [5.41, 5.74) is 5.74. The molecule has 3 heteroatoms. The van der Waals surface area contributed by atoms with E-state index in [-0.39, 0.29) is 6.04 Å². The second kappa shape index (κ2) is 4.48. The maximum absolute atomic E-state index is 5.74. The van der Waals surface area contributed by atoms with Crippen molar-refractivity contribution in [3.8, 4) is 0 Å². The fourth-order valence-corrected chi connectivity index (χ4v) is 1.59. The molecule has 0 aliphatic rings. The number of hydrogen-bond donors (Lipinski definition) is 1. The first kappa shape index (κ1) is 9.55. The fourth-order valence-electron chi connectivity index (χ4n) is 0.715. The third kappa shape index (κ3) is 2.83. The van der Waals surface area contributed by atoms with E-state index in [9.17, 15) is 0 Å². The lowest BCUT2D eigenvalue weighted by molar-refractivity contribution is 0.729. The van der Waals surface area contributed by atoms with Gasteiger partial charge in [0.25, 0.3) is 0 Å². The average molecular weight is 182 g/mol. The van der Waals surface area contributed by atoms with E-state index in [4.69, 9.17) is 5.73 Å². The number of hydrogen-bond acceptors (Lipinski definition) is 3. The van der Waals surface area contributed by atoms with Crippen molar-refractivity contribution in [1.82, 2.24) is 4.98 Å². The van der Waals surface area contributed by atoms with Crippen LogP contribution in [-0.2, 0) is 0 Å². The quantitative estimate of drug-likeness (QED) is 0.726. The summed E-state index contributed by atoms with van der Waals surface area (Å²) in [5, 5.41) is 1.46. The number of nitrogens with two attached hydrogens (primary N) is 1. The van der Waals surface area contributed by atoms with Gasteiger partial charge in [-0.1, -0.05) is 13.0 Å². The minimum Gasteiger partial charge on any atom is -0.327 e. The molecule has 0 aromatic carbocycles. The number of thioether (sulfide) groups is 1. The average Bonchev–Trinajstić information content (AvgIpc) is 2.06. The second-order valence-corrected chi connectivity index (χ2v) is 4.25. The predicted molar refractivity (Wildman–Crippen MR) is 53.2 cm³/mol. The molecule has 0 radical (unpaired) electrons. The van der Waals surface area contributed by atoms with E-state index in [1.165, 1.54) is 0 Å². The van der Waals surface area contributed by atoms with Gasteiger partial charge in [0, 0.05) is 17.5 Å². The van der Waals surface area contributed by atoms with Crippen LogP contribution in [0.5, 0.6) is 0 Å². The lowest BCUT2D eigenvalue weighted by Gasteiger charge is -2.13. The van der Waals surface area contributed by atoms with E-state index < -0.39 is 0 Å². The van der Waals surface area contributed by atoms with E-state index >= 15 is 0 Å². The van der Waals surface area contributed by atoms with Crippen molar-refractivity contribution in [3.63, 3.8) is 0 Å². The zero-order valence-electron chi connectivity index (χ0n) is 7.40. The van der Waals surface area contributed by atoms with Crippen molar-refractivity contribution in [2.75, 3.05) is 0 Å². The summed E-state index contributed by atoms with van der Waals surface area (Å²) in [5.74, 6) is 0. The number of rotatable bonds is 3. The Morgan fingerprint density at radius 3 is 2.67 bits per heavy atom. The molecular weight excluding hydrogens is 168 g/mol. The number of pyridine rings is 1. The Morgan fingerprint density at radius 2 is 2.17 bits per heavy atom. The third-order valence-electron chi connectivity index (χ3n) is 1.68. The molecule has 0 aliphatic carbocycles. The second-order valence-electron chi connectivity index (χ2n) is 2.85. The first-order chi connectivity index (χ1) is 5.70. The van der Waals surface area contributed by atoms with Crippen LogP contribution in [0.4, 0.5) is 0 Å². The lowest BCUT2D eigenvalue weighted by atomic mass is 10.3. The summed E-state index contributed by atoms with van der Waals surface area (Å²) < 4.78 is 0. The highest BCUT2D eigenvalue weighted by atomic mass is 32.2. The molecular formula is C9H14N2S. The van der Waals surface area contributed by atoms with Gasteiger partial charge in [-0.3, -0.25) is 0 Å². The van der Waals surface area contributed by atoms with Gasteiger partial charge in [0.05, 0.1) is 5.03 Å². The first-order valence-electron chi connectivity index (χ1n) is 4.03. The predicted octanol–water partition coefficient (Wildman–Crippen LogP) is 1.91. The van der Waals surface area contributed by atoms with E-state index in [0.717, 1.165) is 5.03 Å². The minimum atomic E-state index is 0.206. The van der Waals surface area contributed by atoms with Crippen molar-refractivity contribution < 1.29 is 0 Å². The summed E-state index contributed by atoms with van der Waals surface area (Å²) in [6.45, 7) is 4.13. The summed E-state index contributed by atoms with van der Waals surface area (Å²) in [6, 6.07) is 6.12. The third-order valence-corrected chi connectivity index (χ3v) is 2.97. The normalized spacial score (nSPS) is 15.6. The van der Waals surface area contributed by atoms with Crippen molar-refractivity contribution >= 4 is 11.8 Å². The van der Waals surface area contributed by atoms with Crippen LogP contribution in [0, 0.1) is 0 Å². The molecule has 1 heterocycles. The zero-order valence-corrected chi connectivity index (χ0v) is 8.21. The molecule has 12 heavy (non-hydrogen) atoms. The Balaban J connectivity index is 2.53. The van der Waals surface area contributed by atoms with E-state index in [1.54, 1.807) is 18.0 Å². The van der Waals surface area contributed by atoms with Crippen LogP contribution in [0.2, 0.25) is 0 Å². The number of aromatic nitrogens is 1. The molecule has 0 amide bonds. The molecule has 1 rings (SSSR count). The van der Waals surface area contributed by atoms with Gasteiger partial charge in [-0.15, -0.1) is 11.8 Å². The van der Waals surface area contributed by atoms with Crippen LogP contribution in [-0.4, -0.2) is 16.3 Å². The highest BCUT2D eigenvalue weighted by molar-refractivity contribution is 7.99. The molecule has 1 aromatic rings.